The van der Waals surface area contributed by atoms with E-state index in [4.69, 9.17) is 9.62 Å². The molecule has 6 aliphatic carbocycles. The molecule has 6 fully saturated rings. The van der Waals surface area contributed by atoms with Crippen LogP contribution in [0.25, 0.3) is 0 Å². The van der Waals surface area contributed by atoms with E-state index >= 15 is 0 Å². The summed E-state index contributed by atoms with van der Waals surface area (Å²) in [6.45, 7) is 5.75. The van der Waals surface area contributed by atoms with Crippen LogP contribution in [0.3, 0.4) is 0 Å². The highest BCUT2D eigenvalue weighted by Gasteiger charge is 2.87. The van der Waals surface area contributed by atoms with Gasteiger partial charge in [0.15, 0.2) is 5.60 Å². The molecule has 7 atom stereocenters. The highest BCUT2D eigenvalue weighted by Crippen LogP contribution is 2.85. The summed E-state index contributed by atoms with van der Waals surface area (Å²) in [6, 6.07) is 0. The van der Waals surface area contributed by atoms with Crippen molar-refractivity contribution in [3.8, 4) is 0 Å². The van der Waals surface area contributed by atoms with Crippen molar-refractivity contribution in [2.75, 3.05) is 7.11 Å². The Balaban J connectivity index is 1.73. The molecular formula is C21H27O6. The van der Waals surface area contributed by atoms with Crippen molar-refractivity contribution in [1.82, 2.24) is 0 Å². The second kappa shape index (κ2) is 4.65. The lowest BCUT2D eigenvalue weighted by molar-refractivity contribution is -0.372. The number of carbonyl (C=O) groups is 3. The molecular weight excluding hydrogens is 348 g/mol. The van der Waals surface area contributed by atoms with Gasteiger partial charge < -0.3 is 4.74 Å². The van der Waals surface area contributed by atoms with E-state index in [1.54, 1.807) is 6.92 Å². The lowest BCUT2D eigenvalue weighted by Crippen LogP contribution is -2.77. The Morgan fingerprint density at radius 3 is 2.37 bits per heavy atom. The molecule has 1 spiro atoms. The molecule has 6 saturated carbocycles. The number of ketones is 2. The second-order valence-corrected chi connectivity index (χ2v) is 10.3. The summed E-state index contributed by atoms with van der Waals surface area (Å²) in [5, 5.41) is 10.1. The maximum atomic E-state index is 13.6. The molecule has 0 amide bonds. The first-order valence-corrected chi connectivity index (χ1v) is 9.96. The number of Topliss-reactive ketones (excluding diaryl/α,β-unsaturated/α-hetero) is 2. The first-order chi connectivity index (χ1) is 12.6. The maximum Gasteiger partial charge on any atom is 0.315 e. The standard InChI is InChI=1S/C21H27O6/c1-17-10-20-9-12(17)11(17)8-13(20)18(2)6-5-7-19(3,16(24)26-4)21(18,27-25)15(23)14(20)22/h11-12,25H,5-10H2,1-4H3/t11-,12?,17-,18+,19+,20-,21-/m1/s1. The third kappa shape index (κ3) is 1.49. The Morgan fingerprint density at radius 1 is 1.11 bits per heavy atom. The summed E-state index contributed by atoms with van der Waals surface area (Å²) in [6.07, 6.45) is 3.91. The van der Waals surface area contributed by atoms with E-state index in [1.807, 2.05) is 6.92 Å². The minimum absolute atomic E-state index is 0.163. The van der Waals surface area contributed by atoms with E-state index in [0.29, 0.717) is 31.1 Å². The fourth-order valence-electron chi connectivity index (χ4n) is 8.30. The van der Waals surface area contributed by atoms with Gasteiger partial charge in [-0.1, -0.05) is 20.3 Å². The van der Waals surface area contributed by atoms with Gasteiger partial charge in [0, 0.05) is 10.8 Å². The monoisotopic (exact) mass is 375 g/mol. The third-order valence-electron chi connectivity index (χ3n) is 9.63. The van der Waals surface area contributed by atoms with Crippen molar-refractivity contribution < 1.29 is 29.3 Å². The van der Waals surface area contributed by atoms with Gasteiger partial charge in [-0.3, -0.25) is 19.6 Å². The van der Waals surface area contributed by atoms with Crippen LogP contribution in [-0.2, 0) is 24.0 Å². The van der Waals surface area contributed by atoms with Crippen LogP contribution in [0.1, 0.15) is 59.3 Å². The largest absolute Gasteiger partial charge is 0.469 e. The van der Waals surface area contributed by atoms with Gasteiger partial charge in [0.05, 0.1) is 7.11 Å². The Labute approximate surface area is 158 Å². The first-order valence-electron chi connectivity index (χ1n) is 9.96. The molecule has 0 aliphatic heterocycles. The van der Waals surface area contributed by atoms with E-state index in [2.05, 4.69) is 6.92 Å². The molecule has 0 aromatic carbocycles. The zero-order chi connectivity index (χ0) is 19.6. The predicted molar refractivity (Wildman–Crippen MR) is 93.2 cm³/mol. The molecule has 0 aromatic rings. The zero-order valence-electron chi connectivity index (χ0n) is 16.4. The fraction of sp³-hybridized carbons (Fsp3) is 0.810. The molecule has 6 rings (SSSR count). The number of carbonyl (C=O) groups excluding carboxylic acids is 3. The number of hydrogen-bond donors (Lipinski definition) is 1. The topological polar surface area (TPSA) is 89.9 Å². The first kappa shape index (κ1) is 17.8. The van der Waals surface area contributed by atoms with Crippen LogP contribution in [0.5, 0.6) is 0 Å². The molecule has 1 unspecified atom stereocenters. The van der Waals surface area contributed by atoms with Crippen LogP contribution in [0.2, 0.25) is 0 Å². The van der Waals surface area contributed by atoms with Gasteiger partial charge in [-0.2, -0.15) is 0 Å². The molecule has 6 nitrogen and oxygen atoms in total. The number of hydrogen-bond acceptors (Lipinski definition) is 6. The van der Waals surface area contributed by atoms with E-state index in [1.165, 1.54) is 7.11 Å². The van der Waals surface area contributed by atoms with Crippen molar-refractivity contribution in [2.45, 2.75) is 64.9 Å². The van der Waals surface area contributed by atoms with Gasteiger partial charge in [-0.25, -0.2) is 4.89 Å². The molecule has 147 valence electrons. The number of ether oxygens (including phenoxy) is 1. The summed E-state index contributed by atoms with van der Waals surface area (Å²) in [7, 11) is 1.27. The lowest BCUT2D eigenvalue weighted by atomic mass is 9.37. The van der Waals surface area contributed by atoms with Crippen molar-refractivity contribution in [1.29, 1.82) is 0 Å². The minimum Gasteiger partial charge on any atom is -0.469 e. The molecule has 1 radical (unpaired) electrons. The van der Waals surface area contributed by atoms with E-state index in [9.17, 15) is 19.6 Å². The van der Waals surface area contributed by atoms with Crippen LogP contribution < -0.4 is 0 Å². The molecule has 6 aliphatic rings. The van der Waals surface area contributed by atoms with Crippen molar-refractivity contribution in [3.05, 3.63) is 5.92 Å². The SMILES string of the molecule is COC(=O)[C@]1(C)CCC[C@@]2(C)[C]3C[C@@H]4C5C[C@]3(C[C@@]54C)C(=O)C(=O)[C@@]21OO. The minimum atomic E-state index is -1.91. The normalized spacial score (nSPS) is 55.7. The summed E-state index contributed by atoms with van der Waals surface area (Å²) in [4.78, 5) is 45.0. The fourth-order valence-corrected chi connectivity index (χ4v) is 8.30. The van der Waals surface area contributed by atoms with Crippen LogP contribution >= 0.6 is 0 Å². The molecule has 1 N–H and O–H groups in total. The van der Waals surface area contributed by atoms with Crippen molar-refractivity contribution >= 4 is 17.5 Å². The van der Waals surface area contributed by atoms with Gasteiger partial charge in [0.2, 0.25) is 11.6 Å². The summed E-state index contributed by atoms with van der Waals surface area (Å²) < 4.78 is 5.01. The Bertz CT molecular complexity index is 792. The van der Waals surface area contributed by atoms with Gasteiger partial charge in [0.25, 0.3) is 0 Å². The quantitative estimate of drug-likeness (QED) is 0.345. The van der Waals surface area contributed by atoms with Crippen molar-refractivity contribution in [3.63, 3.8) is 0 Å². The van der Waals surface area contributed by atoms with Crippen LogP contribution in [0, 0.1) is 39.4 Å². The molecule has 4 bridgehead atoms. The van der Waals surface area contributed by atoms with Crippen molar-refractivity contribution in [2.24, 2.45) is 33.5 Å². The highest BCUT2D eigenvalue weighted by molar-refractivity contribution is 6.44. The third-order valence-corrected chi connectivity index (χ3v) is 9.63. The summed E-state index contributed by atoms with van der Waals surface area (Å²) in [5.41, 5.74) is -4.73. The summed E-state index contributed by atoms with van der Waals surface area (Å²) in [5.74, 6) is 0.271. The van der Waals surface area contributed by atoms with Crippen LogP contribution in [0.4, 0.5) is 0 Å². The van der Waals surface area contributed by atoms with Crippen LogP contribution in [0.15, 0.2) is 0 Å². The number of fused-ring (bicyclic) bond motifs is 1. The molecule has 0 heterocycles. The molecule has 6 heteroatoms. The highest BCUT2D eigenvalue weighted by atomic mass is 17.1. The zero-order valence-corrected chi connectivity index (χ0v) is 16.4. The molecule has 27 heavy (non-hydrogen) atoms. The lowest BCUT2D eigenvalue weighted by Gasteiger charge is -2.66. The predicted octanol–water partition coefficient (Wildman–Crippen LogP) is 2.75. The molecule has 0 aromatic heterocycles. The van der Waals surface area contributed by atoms with E-state index < -0.39 is 39.4 Å². The molecule has 0 saturated heterocycles. The van der Waals surface area contributed by atoms with E-state index in [0.717, 1.165) is 25.2 Å². The average Bonchev–Trinajstić information content (AvgIpc) is 3.09. The smallest absolute Gasteiger partial charge is 0.315 e. The average molecular weight is 375 g/mol. The van der Waals surface area contributed by atoms with E-state index in [-0.39, 0.29) is 5.41 Å². The van der Waals surface area contributed by atoms with Gasteiger partial charge in [-0.05, 0) is 62.2 Å². The Hall–Kier alpha value is -1.27. The number of rotatable bonds is 2. The number of esters is 1. The summed E-state index contributed by atoms with van der Waals surface area (Å²) >= 11 is 0. The Morgan fingerprint density at radius 2 is 1.81 bits per heavy atom. The van der Waals surface area contributed by atoms with Gasteiger partial charge >= 0.3 is 5.97 Å². The van der Waals surface area contributed by atoms with Gasteiger partial charge in [0.1, 0.15) is 5.41 Å². The number of methoxy groups -OCH3 is 1. The Kier molecular flexibility index (Phi) is 3.07. The second-order valence-electron chi connectivity index (χ2n) is 10.3. The maximum absolute atomic E-state index is 13.6. The van der Waals surface area contributed by atoms with Crippen LogP contribution in [-0.4, -0.2) is 35.5 Å². The van der Waals surface area contributed by atoms with Gasteiger partial charge in [-0.15, -0.1) is 0 Å².